The second kappa shape index (κ2) is 5.84. The highest BCUT2D eigenvalue weighted by molar-refractivity contribution is 6.31. The molecule has 0 spiro atoms. The van der Waals surface area contributed by atoms with E-state index < -0.39 is 5.97 Å². The van der Waals surface area contributed by atoms with Gasteiger partial charge in [-0.3, -0.25) is 0 Å². The van der Waals surface area contributed by atoms with Gasteiger partial charge in [0.05, 0.1) is 19.8 Å². The summed E-state index contributed by atoms with van der Waals surface area (Å²) in [4.78, 5) is 11.3. The number of hydrogen-bond acceptors (Lipinski definition) is 3. The zero-order valence-electron chi connectivity index (χ0n) is 11.0. The third-order valence-electron chi connectivity index (χ3n) is 2.91. The minimum absolute atomic E-state index is 0.154. The second-order valence-corrected chi connectivity index (χ2v) is 4.50. The van der Waals surface area contributed by atoms with Gasteiger partial charge in [0.2, 0.25) is 0 Å². The van der Waals surface area contributed by atoms with Crippen LogP contribution in [-0.2, 0) is 0 Å². The van der Waals surface area contributed by atoms with Crippen molar-refractivity contribution in [1.29, 1.82) is 0 Å². The first-order valence-corrected chi connectivity index (χ1v) is 6.20. The van der Waals surface area contributed by atoms with E-state index in [9.17, 15) is 9.90 Å². The van der Waals surface area contributed by atoms with Crippen LogP contribution in [0.1, 0.15) is 10.4 Å². The van der Waals surface area contributed by atoms with Crippen LogP contribution < -0.4 is 9.47 Å². The van der Waals surface area contributed by atoms with Gasteiger partial charge in [-0.25, -0.2) is 4.79 Å². The Morgan fingerprint density at radius 3 is 2.40 bits per heavy atom. The maximum Gasteiger partial charge on any atom is 0.336 e. The van der Waals surface area contributed by atoms with E-state index in [1.807, 2.05) is 0 Å². The zero-order chi connectivity index (χ0) is 14.7. The van der Waals surface area contributed by atoms with Crippen LogP contribution in [0.4, 0.5) is 0 Å². The Labute approximate surface area is 121 Å². The number of benzene rings is 2. The molecule has 2 rings (SSSR count). The van der Waals surface area contributed by atoms with Crippen LogP contribution >= 0.6 is 11.6 Å². The van der Waals surface area contributed by atoms with Gasteiger partial charge in [-0.2, -0.15) is 0 Å². The molecule has 0 unspecified atom stereocenters. The van der Waals surface area contributed by atoms with Crippen LogP contribution in [0.15, 0.2) is 36.4 Å². The maximum absolute atomic E-state index is 11.3. The molecule has 0 aliphatic carbocycles. The molecular weight excluding hydrogens is 280 g/mol. The van der Waals surface area contributed by atoms with Crippen molar-refractivity contribution < 1.29 is 19.4 Å². The van der Waals surface area contributed by atoms with E-state index in [4.69, 9.17) is 21.1 Å². The molecule has 0 saturated heterocycles. The van der Waals surface area contributed by atoms with Crippen LogP contribution in [0, 0.1) is 0 Å². The molecule has 4 nitrogen and oxygen atoms in total. The van der Waals surface area contributed by atoms with Crippen molar-refractivity contribution in [2.75, 3.05) is 14.2 Å². The van der Waals surface area contributed by atoms with E-state index in [1.165, 1.54) is 13.2 Å². The van der Waals surface area contributed by atoms with E-state index in [0.717, 1.165) is 0 Å². The van der Waals surface area contributed by atoms with Crippen molar-refractivity contribution in [3.05, 3.63) is 47.0 Å². The van der Waals surface area contributed by atoms with E-state index in [-0.39, 0.29) is 5.56 Å². The molecule has 0 aliphatic heterocycles. The average molecular weight is 293 g/mol. The first-order chi connectivity index (χ1) is 9.56. The lowest BCUT2D eigenvalue weighted by Gasteiger charge is -2.13. The van der Waals surface area contributed by atoms with E-state index in [2.05, 4.69) is 0 Å². The second-order valence-electron chi connectivity index (χ2n) is 4.06. The Bertz CT molecular complexity index is 652. The number of carbonyl (C=O) groups is 1. The van der Waals surface area contributed by atoms with E-state index >= 15 is 0 Å². The van der Waals surface area contributed by atoms with Gasteiger partial charge >= 0.3 is 5.97 Å². The number of methoxy groups -OCH3 is 2. The van der Waals surface area contributed by atoms with Crippen molar-refractivity contribution in [2.45, 2.75) is 0 Å². The fourth-order valence-electron chi connectivity index (χ4n) is 1.95. The number of hydrogen-bond donors (Lipinski definition) is 1. The Morgan fingerprint density at radius 1 is 1.05 bits per heavy atom. The number of aromatic carboxylic acids is 1. The predicted molar refractivity (Wildman–Crippen MR) is 77.0 cm³/mol. The molecule has 0 aromatic heterocycles. The third-order valence-corrected chi connectivity index (χ3v) is 3.14. The Morgan fingerprint density at radius 2 is 1.80 bits per heavy atom. The summed E-state index contributed by atoms with van der Waals surface area (Å²) in [6.07, 6.45) is 0. The van der Waals surface area contributed by atoms with Crippen LogP contribution in [0.2, 0.25) is 5.02 Å². The van der Waals surface area contributed by atoms with Gasteiger partial charge in [-0.15, -0.1) is 0 Å². The fourth-order valence-corrected chi connectivity index (χ4v) is 2.12. The lowest BCUT2D eigenvalue weighted by Crippen LogP contribution is -2.00. The Kier molecular flexibility index (Phi) is 4.15. The summed E-state index contributed by atoms with van der Waals surface area (Å²) in [5, 5.41) is 9.75. The van der Waals surface area contributed by atoms with Crippen LogP contribution in [0.5, 0.6) is 11.5 Å². The number of carboxylic acid groups (broad SMARTS) is 1. The smallest absolute Gasteiger partial charge is 0.336 e. The standard InChI is InChI=1S/C15H13ClO4/c1-19-10-4-6-14(20-2)13(8-10)12-7-9(16)3-5-11(12)15(17)18/h3-8H,1-2H3,(H,17,18). The summed E-state index contributed by atoms with van der Waals surface area (Å²) in [6, 6.07) is 9.80. The van der Waals surface area contributed by atoms with Crippen LogP contribution in [-0.4, -0.2) is 25.3 Å². The quantitative estimate of drug-likeness (QED) is 0.933. The monoisotopic (exact) mass is 292 g/mol. The summed E-state index contributed by atoms with van der Waals surface area (Å²) in [5.74, 6) is 0.134. The molecule has 0 fully saturated rings. The van der Waals surface area contributed by atoms with Crippen molar-refractivity contribution in [2.24, 2.45) is 0 Å². The molecule has 0 bridgehead atoms. The van der Waals surface area contributed by atoms with Crippen molar-refractivity contribution in [3.63, 3.8) is 0 Å². The molecule has 0 radical (unpaired) electrons. The van der Waals surface area contributed by atoms with Gasteiger partial charge in [0.15, 0.2) is 0 Å². The molecule has 104 valence electrons. The number of carboxylic acids is 1. The average Bonchev–Trinajstić information content (AvgIpc) is 2.46. The minimum Gasteiger partial charge on any atom is -0.497 e. The molecular formula is C15H13ClO4. The zero-order valence-corrected chi connectivity index (χ0v) is 11.8. The molecule has 2 aromatic carbocycles. The molecule has 2 aromatic rings. The highest BCUT2D eigenvalue weighted by atomic mass is 35.5. The fraction of sp³-hybridized carbons (Fsp3) is 0.133. The predicted octanol–water partition coefficient (Wildman–Crippen LogP) is 3.72. The molecule has 20 heavy (non-hydrogen) atoms. The first kappa shape index (κ1) is 14.2. The van der Waals surface area contributed by atoms with E-state index in [1.54, 1.807) is 37.4 Å². The molecule has 0 amide bonds. The molecule has 0 heterocycles. The van der Waals surface area contributed by atoms with Gasteiger partial charge in [0.25, 0.3) is 0 Å². The van der Waals surface area contributed by atoms with E-state index in [0.29, 0.717) is 27.6 Å². The summed E-state index contributed by atoms with van der Waals surface area (Å²) in [5.41, 5.74) is 1.26. The number of ether oxygens (including phenoxy) is 2. The highest BCUT2D eigenvalue weighted by Gasteiger charge is 2.16. The maximum atomic E-state index is 11.3. The minimum atomic E-state index is -1.03. The largest absolute Gasteiger partial charge is 0.497 e. The molecule has 1 N–H and O–H groups in total. The topological polar surface area (TPSA) is 55.8 Å². The van der Waals surface area contributed by atoms with Gasteiger partial charge in [0, 0.05) is 16.1 Å². The summed E-state index contributed by atoms with van der Waals surface area (Å²) < 4.78 is 10.5. The lowest BCUT2D eigenvalue weighted by molar-refractivity contribution is 0.0697. The third kappa shape index (κ3) is 2.70. The summed E-state index contributed by atoms with van der Waals surface area (Å²) in [7, 11) is 3.07. The highest BCUT2D eigenvalue weighted by Crippen LogP contribution is 2.36. The Hall–Kier alpha value is -2.20. The number of halogens is 1. The first-order valence-electron chi connectivity index (χ1n) is 5.82. The van der Waals surface area contributed by atoms with Crippen LogP contribution in [0.25, 0.3) is 11.1 Å². The Balaban J connectivity index is 2.72. The van der Waals surface area contributed by atoms with Crippen molar-refractivity contribution in [3.8, 4) is 22.6 Å². The molecule has 0 atom stereocenters. The normalized spacial score (nSPS) is 10.2. The molecule has 0 saturated carbocycles. The SMILES string of the molecule is COc1ccc(OC)c(-c2cc(Cl)ccc2C(=O)O)c1. The molecule has 0 aliphatic rings. The summed E-state index contributed by atoms with van der Waals surface area (Å²) in [6.45, 7) is 0. The van der Waals surface area contributed by atoms with Gasteiger partial charge in [-0.1, -0.05) is 11.6 Å². The lowest BCUT2D eigenvalue weighted by atomic mass is 9.98. The van der Waals surface area contributed by atoms with Crippen molar-refractivity contribution in [1.82, 2.24) is 0 Å². The molecule has 5 heteroatoms. The van der Waals surface area contributed by atoms with Gasteiger partial charge in [-0.05, 0) is 36.4 Å². The van der Waals surface area contributed by atoms with Gasteiger partial charge in [0.1, 0.15) is 11.5 Å². The summed E-state index contributed by atoms with van der Waals surface area (Å²) >= 11 is 5.98. The van der Waals surface area contributed by atoms with Gasteiger partial charge < -0.3 is 14.6 Å². The number of rotatable bonds is 4. The van der Waals surface area contributed by atoms with Crippen LogP contribution in [0.3, 0.4) is 0 Å². The van der Waals surface area contributed by atoms with Crippen molar-refractivity contribution >= 4 is 17.6 Å².